The van der Waals surface area contributed by atoms with E-state index in [1.54, 1.807) is 6.26 Å². The zero-order valence-electron chi connectivity index (χ0n) is 24.5. The summed E-state index contributed by atoms with van der Waals surface area (Å²) in [6, 6.07) is 0. The Labute approximate surface area is 227 Å². The van der Waals surface area contributed by atoms with Crippen molar-refractivity contribution in [3.8, 4) is 0 Å². The minimum absolute atomic E-state index is 0.0354. The maximum Gasteiger partial charge on any atom is 0.472 e. The number of esters is 1. The van der Waals surface area contributed by atoms with E-state index in [0.717, 1.165) is 12.8 Å². The molecule has 0 aromatic rings. The van der Waals surface area contributed by atoms with Crippen molar-refractivity contribution in [2.24, 2.45) is 0 Å². The number of phosphoric ester groups is 1. The highest BCUT2D eigenvalue weighted by molar-refractivity contribution is 7.47. The van der Waals surface area contributed by atoms with E-state index >= 15 is 0 Å². The summed E-state index contributed by atoms with van der Waals surface area (Å²) >= 11 is 0. The molecule has 9 heteroatoms. The van der Waals surface area contributed by atoms with E-state index in [1.807, 2.05) is 27.2 Å². The molecule has 0 heterocycles. The highest BCUT2D eigenvalue weighted by atomic mass is 31.2. The van der Waals surface area contributed by atoms with Crippen molar-refractivity contribution in [2.75, 3.05) is 47.5 Å². The molecule has 0 rings (SSSR count). The van der Waals surface area contributed by atoms with Gasteiger partial charge >= 0.3 is 13.8 Å². The van der Waals surface area contributed by atoms with Crippen LogP contribution in [0, 0.1) is 0 Å². The molecule has 0 bridgehead atoms. The van der Waals surface area contributed by atoms with E-state index < -0.39 is 19.9 Å². The van der Waals surface area contributed by atoms with Crippen LogP contribution < -0.4 is 0 Å². The highest BCUT2D eigenvalue weighted by Crippen LogP contribution is 2.43. The van der Waals surface area contributed by atoms with E-state index in [1.165, 1.54) is 90.4 Å². The van der Waals surface area contributed by atoms with E-state index in [-0.39, 0.29) is 19.8 Å². The van der Waals surface area contributed by atoms with Gasteiger partial charge in [-0.25, -0.2) is 4.57 Å². The average molecular weight is 551 g/mol. The van der Waals surface area contributed by atoms with Gasteiger partial charge in [0.1, 0.15) is 19.8 Å². The lowest BCUT2D eigenvalue weighted by Crippen LogP contribution is -2.37. The van der Waals surface area contributed by atoms with Gasteiger partial charge in [-0.1, -0.05) is 90.4 Å². The Hall–Kier alpha value is -0.920. The highest BCUT2D eigenvalue weighted by Gasteiger charge is 2.25. The summed E-state index contributed by atoms with van der Waals surface area (Å²) in [5, 5.41) is 0. The fourth-order valence-electron chi connectivity index (χ4n) is 3.75. The molecule has 0 aliphatic heterocycles. The predicted molar refractivity (Wildman–Crippen MR) is 150 cm³/mol. The number of hydrogen-bond acceptors (Lipinski definition) is 6. The zero-order chi connectivity index (χ0) is 27.8. The number of likely N-dealkylation sites (N-methyl/N-ethyl adjacent to an activating group) is 1. The second-order valence-corrected chi connectivity index (χ2v) is 12.4. The first kappa shape index (κ1) is 36.1. The fraction of sp³-hybridized carbons (Fsp3) is 0.893. The lowest BCUT2D eigenvalue weighted by Gasteiger charge is -2.24. The summed E-state index contributed by atoms with van der Waals surface area (Å²) in [5.74, 6) is -0.512. The Kier molecular flexibility index (Phi) is 22.4. The van der Waals surface area contributed by atoms with Gasteiger partial charge in [0.25, 0.3) is 0 Å². The van der Waals surface area contributed by atoms with Crippen LogP contribution in [0.15, 0.2) is 12.3 Å². The van der Waals surface area contributed by atoms with E-state index in [2.05, 4.69) is 6.92 Å². The Balaban J connectivity index is 3.81. The molecule has 1 unspecified atom stereocenters. The minimum atomic E-state index is -4.23. The molecule has 2 atom stereocenters. The molecule has 1 N–H and O–H groups in total. The van der Waals surface area contributed by atoms with Crippen molar-refractivity contribution in [3.05, 3.63) is 12.3 Å². The minimum Gasteiger partial charge on any atom is -0.498 e. The van der Waals surface area contributed by atoms with Crippen molar-refractivity contribution in [3.63, 3.8) is 0 Å². The van der Waals surface area contributed by atoms with Crippen molar-refractivity contribution in [1.29, 1.82) is 0 Å². The second-order valence-electron chi connectivity index (χ2n) is 10.9. The molecule has 0 radical (unpaired) electrons. The van der Waals surface area contributed by atoms with Crippen LogP contribution in [0.1, 0.15) is 110 Å². The van der Waals surface area contributed by atoms with Crippen LogP contribution in [0.4, 0.5) is 0 Å². The van der Waals surface area contributed by atoms with Gasteiger partial charge in [-0.2, -0.15) is 0 Å². The maximum absolute atomic E-state index is 12.0. The van der Waals surface area contributed by atoms with E-state index in [0.29, 0.717) is 11.0 Å². The first-order valence-corrected chi connectivity index (χ1v) is 15.9. The zero-order valence-corrected chi connectivity index (χ0v) is 25.4. The molecule has 37 heavy (non-hydrogen) atoms. The Morgan fingerprint density at radius 1 is 0.838 bits per heavy atom. The summed E-state index contributed by atoms with van der Waals surface area (Å²) in [4.78, 5) is 21.2. The first-order valence-electron chi connectivity index (χ1n) is 14.4. The molecule has 0 aliphatic carbocycles. The molecule has 220 valence electrons. The third kappa shape index (κ3) is 27.9. The number of allylic oxidation sites excluding steroid dienone is 1. The molecule has 0 aromatic carbocycles. The SMILES string of the molecule is CCCCCCCCCCCCCCCC/C=C/OC[C@@H](COP(=O)(O)OCC[N+](C)(C)C)OC(C)=O. The van der Waals surface area contributed by atoms with E-state index in [9.17, 15) is 14.3 Å². The number of unbranched alkanes of at least 4 members (excludes halogenated alkanes) is 14. The molecular weight excluding hydrogens is 493 g/mol. The largest absolute Gasteiger partial charge is 0.498 e. The summed E-state index contributed by atoms with van der Waals surface area (Å²) in [5.41, 5.74) is 0. The smallest absolute Gasteiger partial charge is 0.472 e. The van der Waals surface area contributed by atoms with Crippen molar-refractivity contribution < 1.29 is 37.3 Å². The molecule has 0 amide bonds. The normalized spacial score (nSPS) is 14.5. The average Bonchev–Trinajstić information content (AvgIpc) is 2.80. The number of ether oxygens (including phenoxy) is 2. The standard InChI is InChI=1S/C28H56NO7P/c1-6-7-8-9-10-11-12-13-14-15-16-17-18-19-20-21-23-33-25-28(36-27(2)30)26-35-37(31,32)34-24-22-29(3,4)5/h21,23,28H,6-20,22,24-26H2,1-5H3/p+1/b23-21+/t28-/m0/s1. The van der Waals surface area contributed by atoms with Crippen LogP contribution in [0.25, 0.3) is 0 Å². The molecule has 0 saturated heterocycles. The van der Waals surface area contributed by atoms with Crippen LogP contribution in [-0.2, 0) is 27.9 Å². The summed E-state index contributed by atoms with van der Waals surface area (Å²) in [6.45, 7) is 3.91. The molecule has 0 spiro atoms. The molecule has 0 aromatic heterocycles. The van der Waals surface area contributed by atoms with Gasteiger partial charge in [0.05, 0.1) is 34.0 Å². The molecule has 0 aliphatic rings. The molecule has 8 nitrogen and oxygen atoms in total. The van der Waals surface area contributed by atoms with Gasteiger partial charge in [0.2, 0.25) is 0 Å². The number of nitrogens with zero attached hydrogens (tertiary/aromatic N) is 1. The predicted octanol–water partition coefficient (Wildman–Crippen LogP) is 7.16. The monoisotopic (exact) mass is 550 g/mol. The topological polar surface area (TPSA) is 91.3 Å². The Bertz CT molecular complexity index is 622. The number of carbonyl (C=O) groups is 1. The lowest BCUT2D eigenvalue weighted by atomic mass is 10.0. The number of phosphoric acid groups is 1. The van der Waals surface area contributed by atoms with Gasteiger partial charge in [-0.15, -0.1) is 0 Å². The quantitative estimate of drug-likeness (QED) is 0.0402. The van der Waals surface area contributed by atoms with Crippen LogP contribution in [0.3, 0.4) is 0 Å². The third-order valence-corrected chi connectivity index (χ3v) is 6.96. The molecule has 0 fully saturated rings. The Morgan fingerprint density at radius 3 is 1.84 bits per heavy atom. The summed E-state index contributed by atoms with van der Waals surface area (Å²) < 4.78 is 33.2. The number of quaternary nitrogens is 1. The Morgan fingerprint density at radius 2 is 1.35 bits per heavy atom. The van der Waals surface area contributed by atoms with Gasteiger partial charge in [0.15, 0.2) is 6.10 Å². The van der Waals surface area contributed by atoms with Crippen molar-refractivity contribution >= 4 is 13.8 Å². The van der Waals surface area contributed by atoms with Crippen molar-refractivity contribution in [1.82, 2.24) is 0 Å². The lowest BCUT2D eigenvalue weighted by molar-refractivity contribution is -0.870. The molecule has 0 saturated carbocycles. The summed E-state index contributed by atoms with van der Waals surface area (Å²) in [7, 11) is 1.63. The van der Waals surface area contributed by atoms with Gasteiger partial charge in [-0.3, -0.25) is 13.8 Å². The van der Waals surface area contributed by atoms with Gasteiger partial charge < -0.3 is 18.9 Å². The van der Waals surface area contributed by atoms with Crippen molar-refractivity contribution in [2.45, 2.75) is 116 Å². The van der Waals surface area contributed by atoms with E-state index in [4.69, 9.17) is 18.5 Å². The van der Waals surface area contributed by atoms with Crippen LogP contribution in [-0.4, -0.2) is 69.0 Å². The number of rotatable bonds is 26. The van der Waals surface area contributed by atoms with Gasteiger partial charge in [0, 0.05) is 6.92 Å². The molecular formula is C28H57NO7P+. The third-order valence-electron chi connectivity index (χ3n) is 5.97. The van der Waals surface area contributed by atoms with Crippen LogP contribution in [0.5, 0.6) is 0 Å². The first-order chi connectivity index (χ1) is 17.6. The maximum atomic E-state index is 12.0. The van der Waals surface area contributed by atoms with Crippen LogP contribution >= 0.6 is 7.82 Å². The summed E-state index contributed by atoms with van der Waals surface area (Å²) in [6.07, 6.45) is 22.4. The van der Waals surface area contributed by atoms with Gasteiger partial charge in [-0.05, 0) is 18.9 Å². The fourth-order valence-corrected chi connectivity index (χ4v) is 4.49. The van der Waals surface area contributed by atoms with Crippen LogP contribution in [0.2, 0.25) is 0 Å². The number of hydrogen-bond donors (Lipinski definition) is 1. The second kappa shape index (κ2) is 23.0. The number of carbonyl (C=O) groups excluding carboxylic acids is 1.